The van der Waals surface area contributed by atoms with Crippen molar-refractivity contribution in [2.45, 2.75) is 33.2 Å². The Labute approximate surface area is 124 Å². The highest BCUT2D eigenvalue weighted by atomic mass is 35.5. The molecule has 1 amide bonds. The van der Waals surface area contributed by atoms with E-state index in [-0.39, 0.29) is 23.8 Å². The van der Waals surface area contributed by atoms with Crippen LogP contribution in [0, 0.1) is 0 Å². The summed E-state index contributed by atoms with van der Waals surface area (Å²) in [6.45, 7) is 6.76. The van der Waals surface area contributed by atoms with Crippen LogP contribution in [-0.2, 0) is 4.79 Å². The van der Waals surface area contributed by atoms with Gasteiger partial charge in [0.15, 0.2) is 0 Å². The molecule has 0 aliphatic rings. The molecule has 0 aromatic carbocycles. The zero-order chi connectivity index (χ0) is 15.1. The van der Waals surface area contributed by atoms with Gasteiger partial charge in [-0.15, -0.1) is 0 Å². The average Bonchev–Trinajstić information content (AvgIpc) is 2.34. The Morgan fingerprint density at radius 2 is 2.05 bits per heavy atom. The monoisotopic (exact) mass is 300 g/mol. The average molecular weight is 301 g/mol. The van der Waals surface area contributed by atoms with Crippen LogP contribution < -0.4 is 15.5 Å². The number of rotatable bonds is 7. The van der Waals surface area contributed by atoms with Crippen LogP contribution in [0.15, 0.2) is 0 Å². The lowest BCUT2D eigenvalue weighted by molar-refractivity contribution is -0.120. The molecular weight excluding hydrogens is 280 g/mol. The summed E-state index contributed by atoms with van der Waals surface area (Å²) in [5.74, 6) is 0.683. The van der Waals surface area contributed by atoms with E-state index in [4.69, 9.17) is 11.6 Å². The minimum absolute atomic E-state index is 0.0953. The maximum Gasteiger partial charge on any atom is 0.239 e. The Kier molecular flexibility index (Phi) is 6.44. The predicted octanol–water partition coefficient (Wildman–Crippen LogP) is 1.31. The van der Waals surface area contributed by atoms with Crippen molar-refractivity contribution in [1.29, 1.82) is 0 Å². The molecule has 7 nitrogen and oxygen atoms in total. The van der Waals surface area contributed by atoms with Gasteiger partial charge in [-0.1, -0.05) is 6.92 Å². The van der Waals surface area contributed by atoms with E-state index in [0.29, 0.717) is 11.9 Å². The molecule has 0 aliphatic carbocycles. The largest absolute Gasteiger partial charge is 0.354 e. The van der Waals surface area contributed by atoms with Gasteiger partial charge in [0.25, 0.3) is 0 Å². The number of nitrogens with one attached hydrogen (secondary N) is 2. The number of likely N-dealkylation sites (N-methyl/N-ethyl adjacent to an activating group) is 1. The van der Waals surface area contributed by atoms with Gasteiger partial charge in [-0.2, -0.15) is 15.0 Å². The molecule has 8 heteroatoms. The first-order valence-corrected chi connectivity index (χ1v) is 6.96. The Hall–Kier alpha value is -1.63. The van der Waals surface area contributed by atoms with Crippen LogP contribution in [0.3, 0.4) is 0 Å². The van der Waals surface area contributed by atoms with Gasteiger partial charge in [-0.05, 0) is 31.9 Å². The van der Waals surface area contributed by atoms with Crippen LogP contribution in [0.1, 0.15) is 27.2 Å². The minimum atomic E-state index is -0.0953. The van der Waals surface area contributed by atoms with Crippen LogP contribution >= 0.6 is 11.6 Å². The number of carbonyl (C=O) groups is 1. The second-order valence-electron chi connectivity index (χ2n) is 4.73. The van der Waals surface area contributed by atoms with Crippen molar-refractivity contribution in [3.8, 4) is 0 Å². The number of hydrogen-bond acceptors (Lipinski definition) is 6. The van der Waals surface area contributed by atoms with E-state index in [1.807, 2.05) is 20.8 Å². The summed E-state index contributed by atoms with van der Waals surface area (Å²) in [4.78, 5) is 25.6. The Bertz CT molecular complexity index is 454. The van der Waals surface area contributed by atoms with Gasteiger partial charge >= 0.3 is 0 Å². The minimum Gasteiger partial charge on any atom is -0.354 e. The van der Waals surface area contributed by atoms with Gasteiger partial charge in [0.2, 0.25) is 23.1 Å². The van der Waals surface area contributed by atoms with Crippen molar-refractivity contribution >= 4 is 29.4 Å². The molecule has 0 unspecified atom stereocenters. The second-order valence-corrected chi connectivity index (χ2v) is 5.07. The third kappa shape index (κ3) is 5.56. The van der Waals surface area contributed by atoms with Gasteiger partial charge in [0, 0.05) is 19.6 Å². The van der Waals surface area contributed by atoms with Crippen LogP contribution in [0.5, 0.6) is 0 Å². The molecule has 1 aromatic heterocycles. The maximum atomic E-state index is 11.7. The first-order valence-electron chi connectivity index (χ1n) is 6.58. The SMILES string of the molecule is CCCNc1nc(Cl)nc(N(C)CC(=O)NC(C)C)n1. The third-order valence-corrected chi connectivity index (χ3v) is 2.47. The van der Waals surface area contributed by atoms with Gasteiger partial charge in [0.05, 0.1) is 6.54 Å². The molecule has 0 saturated carbocycles. The van der Waals surface area contributed by atoms with E-state index < -0.39 is 0 Å². The number of anilines is 2. The highest BCUT2D eigenvalue weighted by Crippen LogP contribution is 2.12. The summed E-state index contributed by atoms with van der Waals surface area (Å²) in [6, 6.07) is 0.0969. The van der Waals surface area contributed by atoms with Crippen LogP contribution in [0.2, 0.25) is 5.28 Å². The van der Waals surface area contributed by atoms with E-state index in [9.17, 15) is 4.79 Å². The third-order valence-electron chi connectivity index (χ3n) is 2.30. The fourth-order valence-electron chi connectivity index (χ4n) is 1.48. The lowest BCUT2D eigenvalue weighted by atomic mass is 10.4. The molecule has 0 spiro atoms. The number of carbonyl (C=O) groups excluding carboxylic acids is 1. The molecule has 1 rings (SSSR count). The summed E-state index contributed by atoms with van der Waals surface area (Å²) in [6.07, 6.45) is 0.950. The molecule has 0 saturated heterocycles. The molecule has 112 valence electrons. The lowest BCUT2D eigenvalue weighted by Crippen LogP contribution is -2.39. The van der Waals surface area contributed by atoms with Crippen molar-refractivity contribution < 1.29 is 4.79 Å². The number of halogens is 1. The number of nitrogens with zero attached hydrogens (tertiary/aromatic N) is 4. The fraction of sp³-hybridized carbons (Fsp3) is 0.667. The molecule has 1 heterocycles. The molecule has 2 N–H and O–H groups in total. The maximum absolute atomic E-state index is 11.7. The molecule has 0 atom stereocenters. The smallest absolute Gasteiger partial charge is 0.239 e. The van der Waals surface area contributed by atoms with E-state index >= 15 is 0 Å². The Balaban J connectivity index is 2.73. The quantitative estimate of drug-likeness (QED) is 0.790. The normalized spacial score (nSPS) is 10.5. The second kappa shape index (κ2) is 7.84. The molecule has 0 radical (unpaired) electrons. The summed E-state index contributed by atoms with van der Waals surface area (Å²) in [5, 5.41) is 5.95. The van der Waals surface area contributed by atoms with E-state index in [1.54, 1.807) is 11.9 Å². The lowest BCUT2D eigenvalue weighted by Gasteiger charge is -2.18. The van der Waals surface area contributed by atoms with Gasteiger partial charge in [-0.25, -0.2) is 0 Å². The number of amides is 1. The Morgan fingerprint density at radius 3 is 2.65 bits per heavy atom. The van der Waals surface area contributed by atoms with Gasteiger partial charge in [-0.3, -0.25) is 4.79 Å². The molecule has 1 aromatic rings. The molecule has 0 fully saturated rings. The van der Waals surface area contributed by atoms with Crippen molar-refractivity contribution in [2.24, 2.45) is 0 Å². The fourth-order valence-corrected chi connectivity index (χ4v) is 1.64. The van der Waals surface area contributed by atoms with E-state index in [0.717, 1.165) is 13.0 Å². The van der Waals surface area contributed by atoms with Gasteiger partial charge < -0.3 is 15.5 Å². The van der Waals surface area contributed by atoms with Crippen molar-refractivity contribution in [3.05, 3.63) is 5.28 Å². The number of aromatic nitrogens is 3. The topological polar surface area (TPSA) is 83.0 Å². The molecule has 20 heavy (non-hydrogen) atoms. The summed E-state index contributed by atoms with van der Waals surface area (Å²) >= 11 is 5.86. The molecule has 0 aliphatic heterocycles. The van der Waals surface area contributed by atoms with Crippen molar-refractivity contribution in [2.75, 3.05) is 30.4 Å². The first-order chi connectivity index (χ1) is 9.42. The standard InChI is InChI=1S/C12H21ClN6O/c1-5-6-14-11-16-10(13)17-12(18-11)19(4)7-9(20)15-8(2)3/h8H,5-7H2,1-4H3,(H,15,20)(H,14,16,17,18). The zero-order valence-electron chi connectivity index (χ0n) is 12.3. The van der Waals surface area contributed by atoms with Crippen LogP contribution in [0.25, 0.3) is 0 Å². The molecule has 0 bridgehead atoms. The predicted molar refractivity (Wildman–Crippen MR) is 80.2 cm³/mol. The highest BCUT2D eigenvalue weighted by Gasteiger charge is 2.13. The van der Waals surface area contributed by atoms with Crippen molar-refractivity contribution in [1.82, 2.24) is 20.3 Å². The summed E-state index contributed by atoms with van der Waals surface area (Å²) in [7, 11) is 1.73. The van der Waals surface area contributed by atoms with Gasteiger partial charge in [0.1, 0.15) is 0 Å². The van der Waals surface area contributed by atoms with Crippen molar-refractivity contribution in [3.63, 3.8) is 0 Å². The van der Waals surface area contributed by atoms with Crippen LogP contribution in [0.4, 0.5) is 11.9 Å². The van der Waals surface area contributed by atoms with E-state index in [1.165, 1.54) is 0 Å². The van der Waals surface area contributed by atoms with E-state index in [2.05, 4.69) is 25.6 Å². The van der Waals surface area contributed by atoms with Crippen LogP contribution in [-0.4, -0.2) is 47.0 Å². The molecular formula is C12H21ClN6O. The Morgan fingerprint density at radius 1 is 1.35 bits per heavy atom. The highest BCUT2D eigenvalue weighted by molar-refractivity contribution is 6.28. The first kappa shape index (κ1) is 16.4. The zero-order valence-corrected chi connectivity index (χ0v) is 13.0. The number of hydrogen-bond donors (Lipinski definition) is 2. The summed E-state index contributed by atoms with van der Waals surface area (Å²) in [5.41, 5.74) is 0. The summed E-state index contributed by atoms with van der Waals surface area (Å²) < 4.78 is 0.